The third-order valence-electron chi connectivity index (χ3n) is 1.87. The first-order chi connectivity index (χ1) is 9.09. The van der Waals surface area contributed by atoms with Crippen LogP contribution in [0, 0.1) is 0 Å². The number of hydrogen-bond acceptors (Lipinski definition) is 6. The standard InChI is InChI=1S/C9H10O6S.Cl2OS/c1-2-15-9(11)7-5-6(16(12,13)14)3-4-8(7)10;1-4(2)3/h3,5H,2,4H2,1H3,(H,12,13,14);. The van der Waals surface area contributed by atoms with E-state index in [-0.39, 0.29) is 18.6 Å². The van der Waals surface area contributed by atoms with Crippen molar-refractivity contribution in [3.8, 4) is 0 Å². The Labute approximate surface area is 126 Å². The summed E-state index contributed by atoms with van der Waals surface area (Å²) < 4.78 is 44.0. The Morgan fingerprint density at radius 3 is 2.40 bits per heavy atom. The summed E-state index contributed by atoms with van der Waals surface area (Å²) in [4.78, 5) is 22.1. The predicted molar refractivity (Wildman–Crippen MR) is 73.8 cm³/mol. The quantitative estimate of drug-likeness (QED) is 0.347. The summed E-state index contributed by atoms with van der Waals surface area (Å²) >= 11 is 0. The molecule has 7 nitrogen and oxygen atoms in total. The zero-order valence-corrected chi connectivity index (χ0v) is 13.2. The number of allylic oxidation sites excluding steroid dienone is 2. The molecule has 0 amide bonds. The van der Waals surface area contributed by atoms with Crippen LogP contribution in [0.5, 0.6) is 0 Å². The van der Waals surface area contributed by atoms with Crippen LogP contribution in [0.25, 0.3) is 0 Å². The summed E-state index contributed by atoms with van der Waals surface area (Å²) in [5.41, 5.74) is -0.364. The molecule has 11 heteroatoms. The van der Waals surface area contributed by atoms with E-state index < -0.39 is 36.0 Å². The highest BCUT2D eigenvalue weighted by Gasteiger charge is 2.26. The molecule has 114 valence electrons. The molecule has 0 saturated carbocycles. The van der Waals surface area contributed by atoms with Gasteiger partial charge in [0.25, 0.3) is 10.1 Å². The zero-order valence-electron chi connectivity index (χ0n) is 10.0. The number of carbonyl (C=O) groups is 2. The van der Waals surface area contributed by atoms with Crippen LogP contribution in [0.4, 0.5) is 0 Å². The van der Waals surface area contributed by atoms with Gasteiger partial charge in [0, 0.05) is 27.8 Å². The molecule has 20 heavy (non-hydrogen) atoms. The van der Waals surface area contributed by atoms with Crippen LogP contribution in [0.15, 0.2) is 22.6 Å². The summed E-state index contributed by atoms with van der Waals surface area (Å²) in [5, 5.41) is 0. The average molecular weight is 365 g/mol. The first-order valence-corrected chi connectivity index (χ1v) is 9.17. The molecular formula is C9H10Cl2O7S2. The zero-order chi connectivity index (χ0) is 15.9. The van der Waals surface area contributed by atoms with Gasteiger partial charge in [-0.3, -0.25) is 9.35 Å². The molecule has 0 heterocycles. The van der Waals surface area contributed by atoms with Crippen molar-refractivity contribution in [2.75, 3.05) is 6.61 Å². The minimum atomic E-state index is -4.41. The van der Waals surface area contributed by atoms with E-state index in [4.69, 9.17) is 8.76 Å². The smallest absolute Gasteiger partial charge is 0.341 e. The monoisotopic (exact) mass is 364 g/mol. The van der Waals surface area contributed by atoms with Gasteiger partial charge < -0.3 is 4.74 Å². The molecule has 0 fully saturated rings. The van der Waals surface area contributed by atoms with Gasteiger partial charge in [0.05, 0.1) is 11.5 Å². The first kappa shape index (κ1) is 19.3. The second kappa shape index (κ2) is 8.53. The molecule has 1 aliphatic carbocycles. The number of carbonyl (C=O) groups excluding carboxylic acids is 2. The summed E-state index contributed by atoms with van der Waals surface area (Å²) in [6.07, 6.45) is 1.61. The molecule has 0 radical (unpaired) electrons. The molecule has 0 aromatic carbocycles. The number of esters is 1. The van der Waals surface area contributed by atoms with Crippen LogP contribution in [0.1, 0.15) is 13.3 Å². The highest BCUT2D eigenvalue weighted by atomic mass is 36.0. The van der Waals surface area contributed by atoms with Gasteiger partial charge in [0.15, 0.2) is 5.78 Å². The number of ketones is 1. The van der Waals surface area contributed by atoms with Crippen molar-refractivity contribution in [3.05, 3.63) is 22.6 Å². The second-order valence-electron chi connectivity index (χ2n) is 3.17. The van der Waals surface area contributed by atoms with Crippen molar-refractivity contribution in [1.82, 2.24) is 0 Å². The van der Waals surface area contributed by atoms with E-state index in [0.717, 1.165) is 12.2 Å². The van der Waals surface area contributed by atoms with E-state index in [1.807, 2.05) is 0 Å². The van der Waals surface area contributed by atoms with Crippen LogP contribution < -0.4 is 0 Å². The highest BCUT2D eigenvalue weighted by molar-refractivity contribution is 8.26. The van der Waals surface area contributed by atoms with Crippen molar-refractivity contribution in [3.63, 3.8) is 0 Å². The molecule has 0 atom stereocenters. The molecule has 0 saturated heterocycles. The summed E-state index contributed by atoms with van der Waals surface area (Å²) in [6.45, 7) is 1.64. The molecule has 1 rings (SSSR count). The lowest BCUT2D eigenvalue weighted by Gasteiger charge is -2.10. The Morgan fingerprint density at radius 1 is 1.50 bits per heavy atom. The van der Waals surface area contributed by atoms with E-state index in [0.29, 0.717) is 0 Å². The molecule has 0 unspecified atom stereocenters. The van der Waals surface area contributed by atoms with Gasteiger partial charge in [-0.25, -0.2) is 9.00 Å². The third-order valence-corrected chi connectivity index (χ3v) is 2.75. The average Bonchev–Trinajstić information content (AvgIpc) is 2.27. The van der Waals surface area contributed by atoms with Gasteiger partial charge in [-0.05, 0) is 13.0 Å². The Hall–Kier alpha value is -0.740. The Kier molecular flexibility index (Phi) is 8.21. The van der Waals surface area contributed by atoms with Gasteiger partial charge in [-0.15, -0.1) is 0 Å². The molecule has 0 aliphatic heterocycles. The second-order valence-corrected chi connectivity index (χ2v) is 7.12. The minimum Gasteiger partial charge on any atom is -0.462 e. The molecule has 0 aromatic heterocycles. The summed E-state index contributed by atoms with van der Waals surface area (Å²) in [6, 6.07) is 0. The largest absolute Gasteiger partial charge is 0.462 e. The minimum absolute atomic E-state index is 0.0778. The predicted octanol–water partition coefficient (Wildman–Crippen LogP) is 1.26. The van der Waals surface area contributed by atoms with Gasteiger partial charge in [-0.1, -0.05) is 6.08 Å². The molecule has 1 N–H and O–H groups in total. The van der Waals surface area contributed by atoms with E-state index in [9.17, 15) is 18.0 Å². The summed E-state index contributed by atoms with van der Waals surface area (Å²) in [5.74, 6) is -1.42. The lowest BCUT2D eigenvalue weighted by molar-refractivity contribution is -0.140. The van der Waals surface area contributed by atoms with Crippen LogP contribution in [-0.4, -0.2) is 35.5 Å². The topological polar surface area (TPSA) is 115 Å². The molecule has 1 aliphatic rings. The highest BCUT2D eigenvalue weighted by Crippen LogP contribution is 2.19. The number of rotatable bonds is 3. The maximum Gasteiger partial charge on any atom is 0.341 e. The first-order valence-electron chi connectivity index (χ1n) is 4.93. The van der Waals surface area contributed by atoms with Gasteiger partial charge in [0.1, 0.15) is 5.57 Å². The van der Waals surface area contributed by atoms with E-state index in [1.165, 1.54) is 0 Å². The molecular weight excluding hydrogens is 355 g/mol. The summed E-state index contributed by atoms with van der Waals surface area (Å²) in [7, 11) is 2.95. The Balaban J connectivity index is 0.000000796. The van der Waals surface area contributed by atoms with Gasteiger partial charge in [0.2, 0.25) is 9.23 Å². The lowest BCUT2D eigenvalue weighted by atomic mass is 10.0. The number of Topliss-reactive ketones (excluding diaryl/α,β-unsaturated/α-hetero) is 1. The van der Waals surface area contributed by atoms with Crippen molar-refractivity contribution in [2.24, 2.45) is 0 Å². The van der Waals surface area contributed by atoms with Crippen LogP contribution in [0.3, 0.4) is 0 Å². The van der Waals surface area contributed by atoms with Crippen LogP contribution in [-0.2, 0) is 33.7 Å². The third kappa shape index (κ3) is 7.15. The number of ether oxygens (including phenoxy) is 1. The van der Waals surface area contributed by atoms with Crippen molar-refractivity contribution < 1.29 is 31.5 Å². The fraction of sp³-hybridized carbons (Fsp3) is 0.333. The van der Waals surface area contributed by atoms with Gasteiger partial charge >= 0.3 is 5.97 Å². The maximum absolute atomic E-state index is 11.3. The Morgan fingerprint density at radius 2 is 2.00 bits per heavy atom. The maximum atomic E-state index is 11.3. The van der Waals surface area contributed by atoms with Crippen LogP contribution >= 0.6 is 21.4 Å². The lowest BCUT2D eigenvalue weighted by Crippen LogP contribution is -2.19. The van der Waals surface area contributed by atoms with E-state index in [2.05, 4.69) is 26.1 Å². The number of hydrogen-bond donors (Lipinski definition) is 1. The fourth-order valence-corrected chi connectivity index (χ4v) is 1.71. The van der Waals surface area contributed by atoms with Crippen molar-refractivity contribution >= 4 is 52.5 Å². The fourth-order valence-electron chi connectivity index (χ4n) is 1.15. The molecule has 0 aromatic rings. The van der Waals surface area contributed by atoms with E-state index in [1.54, 1.807) is 6.92 Å². The van der Waals surface area contributed by atoms with Crippen molar-refractivity contribution in [2.45, 2.75) is 13.3 Å². The molecule has 0 spiro atoms. The SMILES string of the molecule is CCOC(=O)C1=CC(S(=O)(=O)O)=CCC1=O.O=S(Cl)Cl. The Bertz CT molecular complexity index is 573. The van der Waals surface area contributed by atoms with Crippen LogP contribution in [0.2, 0.25) is 0 Å². The van der Waals surface area contributed by atoms with Gasteiger partial charge in [-0.2, -0.15) is 8.42 Å². The van der Waals surface area contributed by atoms with E-state index >= 15 is 0 Å². The van der Waals surface area contributed by atoms with Crippen molar-refractivity contribution in [1.29, 1.82) is 0 Å². The number of halogens is 2. The normalized spacial score (nSPS) is 14.9. The molecule has 0 bridgehead atoms.